The molecule has 0 aliphatic heterocycles. The lowest BCUT2D eigenvalue weighted by atomic mass is 10.1. The quantitative estimate of drug-likeness (QED) is 0.480. The first-order chi connectivity index (χ1) is 15.6. The monoisotopic (exact) mass is 433 g/mol. The van der Waals surface area contributed by atoms with Crippen LogP contribution < -0.4 is 25.4 Å². The maximum Gasteiger partial charge on any atom is 0.320 e. The number of hydrogen-bond acceptors (Lipinski definition) is 4. The summed E-state index contributed by atoms with van der Waals surface area (Å²) in [6.07, 6.45) is 0.356. The van der Waals surface area contributed by atoms with Gasteiger partial charge in [0.25, 0.3) is 0 Å². The maximum atomic E-state index is 12.9. The van der Waals surface area contributed by atoms with Crippen molar-refractivity contribution in [1.82, 2.24) is 10.6 Å². The van der Waals surface area contributed by atoms with Gasteiger partial charge in [0.05, 0.1) is 19.9 Å². The zero-order chi connectivity index (χ0) is 22.8. The third-order valence-electron chi connectivity index (χ3n) is 4.87. The number of hydrogen-bond donors (Lipinski definition) is 3. The van der Waals surface area contributed by atoms with Gasteiger partial charge in [0, 0.05) is 19.0 Å². The molecule has 0 bridgehead atoms. The number of benzene rings is 3. The van der Waals surface area contributed by atoms with Crippen molar-refractivity contribution < 1.29 is 19.1 Å². The molecule has 3 N–H and O–H groups in total. The number of methoxy groups -OCH3 is 2. The molecule has 32 heavy (non-hydrogen) atoms. The van der Waals surface area contributed by atoms with Crippen LogP contribution in [0.1, 0.15) is 11.1 Å². The van der Waals surface area contributed by atoms with E-state index in [2.05, 4.69) is 16.0 Å². The van der Waals surface area contributed by atoms with Crippen molar-refractivity contribution in [1.29, 1.82) is 0 Å². The van der Waals surface area contributed by atoms with Gasteiger partial charge in [-0.05, 0) is 23.3 Å². The zero-order valence-corrected chi connectivity index (χ0v) is 18.1. The second-order valence-electron chi connectivity index (χ2n) is 7.11. The third-order valence-corrected chi connectivity index (χ3v) is 4.87. The fourth-order valence-corrected chi connectivity index (χ4v) is 3.19. The Morgan fingerprint density at radius 3 is 2.12 bits per heavy atom. The number of carbonyl (C=O) groups excluding carboxylic acids is 2. The number of urea groups is 1. The number of anilines is 1. The van der Waals surface area contributed by atoms with Gasteiger partial charge in [0.15, 0.2) is 0 Å². The smallest absolute Gasteiger partial charge is 0.320 e. The minimum Gasteiger partial charge on any atom is -0.497 e. The van der Waals surface area contributed by atoms with E-state index in [1.54, 1.807) is 25.3 Å². The number of ether oxygens (including phenoxy) is 2. The Bertz CT molecular complexity index is 1030. The largest absolute Gasteiger partial charge is 0.497 e. The van der Waals surface area contributed by atoms with Crippen LogP contribution in [0.25, 0.3) is 0 Å². The second-order valence-corrected chi connectivity index (χ2v) is 7.11. The van der Waals surface area contributed by atoms with Gasteiger partial charge in [-0.15, -0.1) is 0 Å². The topological polar surface area (TPSA) is 88.7 Å². The minimum atomic E-state index is -0.759. The van der Waals surface area contributed by atoms with E-state index in [0.717, 1.165) is 11.1 Å². The Morgan fingerprint density at radius 1 is 0.844 bits per heavy atom. The number of carbonyl (C=O) groups is 2. The van der Waals surface area contributed by atoms with Gasteiger partial charge in [-0.1, -0.05) is 60.7 Å². The van der Waals surface area contributed by atoms with Crippen LogP contribution in [0, 0.1) is 0 Å². The summed E-state index contributed by atoms with van der Waals surface area (Å²) in [6, 6.07) is 23.0. The van der Waals surface area contributed by atoms with Crippen molar-refractivity contribution in [2.75, 3.05) is 19.5 Å². The molecular formula is C25H27N3O4. The highest BCUT2D eigenvalue weighted by Crippen LogP contribution is 2.28. The van der Waals surface area contributed by atoms with Gasteiger partial charge in [0.1, 0.15) is 17.5 Å². The average molecular weight is 434 g/mol. The summed E-state index contributed by atoms with van der Waals surface area (Å²) in [5.74, 6) is 0.789. The van der Waals surface area contributed by atoms with Gasteiger partial charge < -0.3 is 25.4 Å². The van der Waals surface area contributed by atoms with Crippen LogP contribution in [0.2, 0.25) is 0 Å². The molecule has 0 saturated carbocycles. The first-order valence-electron chi connectivity index (χ1n) is 10.2. The van der Waals surface area contributed by atoms with Crippen LogP contribution in [-0.4, -0.2) is 32.2 Å². The van der Waals surface area contributed by atoms with Crippen LogP contribution in [0.4, 0.5) is 10.5 Å². The fraction of sp³-hybridized carbons (Fsp3) is 0.200. The lowest BCUT2D eigenvalue weighted by molar-refractivity contribution is -0.123. The van der Waals surface area contributed by atoms with E-state index < -0.39 is 12.1 Å². The third kappa shape index (κ3) is 6.50. The summed E-state index contributed by atoms with van der Waals surface area (Å²) in [6.45, 7) is 0.376. The first kappa shape index (κ1) is 22.7. The fourth-order valence-electron chi connectivity index (χ4n) is 3.19. The molecule has 0 aliphatic rings. The molecule has 0 radical (unpaired) electrons. The molecule has 3 aromatic carbocycles. The van der Waals surface area contributed by atoms with Crippen molar-refractivity contribution in [2.45, 2.75) is 19.0 Å². The molecule has 3 aromatic rings. The molecule has 0 aromatic heterocycles. The normalized spacial score (nSPS) is 11.2. The van der Waals surface area contributed by atoms with E-state index in [0.29, 0.717) is 30.2 Å². The summed E-state index contributed by atoms with van der Waals surface area (Å²) in [5, 5.41) is 8.43. The van der Waals surface area contributed by atoms with E-state index in [1.807, 2.05) is 60.7 Å². The highest BCUT2D eigenvalue weighted by atomic mass is 16.5. The van der Waals surface area contributed by atoms with Gasteiger partial charge >= 0.3 is 6.03 Å². The van der Waals surface area contributed by atoms with E-state index in [1.165, 1.54) is 7.11 Å². The van der Waals surface area contributed by atoms with E-state index in [4.69, 9.17) is 9.47 Å². The Kier molecular flexibility index (Phi) is 8.09. The molecule has 0 saturated heterocycles. The standard InChI is InChI=1S/C25H27N3O4/c1-31-20-13-14-21(23(16-20)32-2)27-25(30)28-22(15-18-9-5-3-6-10-18)24(29)26-17-19-11-7-4-8-12-19/h3-14,16,22H,15,17H2,1-2H3,(H,26,29)(H2,27,28,30). The Hall–Kier alpha value is -4.00. The summed E-state index contributed by atoms with van der Waals surface area (Å²) < 4.78 is 10.5. The Labute approximate surface area is 187 Å². The van der Waals surface area contributed by atoms with E-state index in [9.17, 15) is 9.59 Å². The molecule has 0 heterocycles. The average Bonchev–Trinajstić information content (AvgIpc) is 2.83. The summed E-state index contributed by atoms with van der Waals surface area (Å²) in [5.41, 5.74) is 2.38. The van der Waals surface area contributed by atoms with Gasteiger partial charge in [-0.2, -0.15) is 0 Å². The van der Waals surface area contributed by atoms with Crippen LogP contribution in [0.3, 0.4) is 0 Å². The van der Waals surface area contributed by atoms with Crippen LogP contribution in [0.5, 0.6) is 11.5 Å². The van der Waals surface area contributed by atoms with Crippen LogP contribution >= 0.6 is 0 Å². The predicted molar refractivity (Wildman–Crippen MR) is 124 cm³/mol. The van der Waals surface area contributed by atoms with Crippen molar-refractivity contribution in [3.05, 3.63) is 90.0 Å². The van der Waals surface area contributed by atoms with Crippen molar-refractivity contribution >= 4 is 17.6 Å². The molecular weight excluding hydrogens is 406 g/mol. The molecule has 7 heteroatoms. The highest BCUT2D eigenvalue weighted by Gasteiger charge is 2.22. The van der Waals surface area contributed by atoms with Gasteiger partial charge in [-0.3, -0.25) is 4.79 Å². The molecule has 1 unspecified atom stereocenters. The van der Waals surface area contributed by atoms with E-state index in [-0.39, 0.29) is 5.91 Å². The Morgan fingerprint density at radius 2 is 1.50 bits per heavy atom. The number of nitrogens with one attached hydrogen (secondary N) is 3. The molecule has 166 valence electrons. The molecule has 0 spiro atoms. The van der Waals surface area contributed by atoms with Crippen molar-refractivity contribution in [3.8, 4) is 11.5 Å². The summed E-state index contributed by atoms with van der Waals surface area (Å²) >= 11 is 0. The predicted octanol–water partition coefficient (Wildman–Crippen LogP) is 3.75. The lowest BCUT2D eigenvalue weighted by Crippen LogP contribution is -2.49. The molecule has 7 nitrogen and oxygen atoms in total. The molecule has 1 atom stereocenters. The van der Waals surface area contributed by atoms with Crippen LogP contribution in [-0.2, 0) is 17.8 Å². The highest BCUT2D eigenvalue weighted by molar-refractivity contribution is 5.95. The van der Waals surface area contributed by atoms with Gasteiger partial charge in [-0.25, -0.2) is 4.79 Å². The van der Waals surface area contributed by atoms with Crippen molar-refractivity contribution in [2.24, 2.45) is 0 Å². The maximum absolute atomic E-state index is 12.9. The first-order valence-corrected chi connectivity index (χ1v) is 10.2. The minimum absolute atomic E-state index is 0.269. The SMILES string of the molecule is COc1ccc(NC(=O)NC(Cc2ccccc2)C(=O)NCc2ccccc2)c(OC)c1. The van der Waals surface area contributed by atoms with Gasteiger partial charge in [0.2, 0.25) is 5.91 Å². The molecule has 3 amide bonds. The summed E-state index contributed by atoms with van der Waals surface area (Å²) in [7, 11) is 3.06. The number of rotatable bonds is 9. The van der Waals surface area contributed by atoms with E-state index >= 15 is 0 Å². The lowest BCUT2D eigenvalue weighted by Gasteiger charge is -2.20. The summed E-state index contributed by atoms with van der Waals surface area (Å²) in [4.78, 5) is 25.6. The molecule has 0 fully saturated rings. The molecule has 0 aliphatic carbocycles. The molecule has 3 rings (SSSR count). The zero-order valence-electron chi connectivity index (χ0n) is 18.1. The number of amides is 3. The van der Waals surface area contributed by atoms with Crippen molar-refractivity contribution in [3.63, 3.8) is 0 Å². The van der Waals surface area contributed by atoms with Crippen LogP contribution in [0.15, 0.2) is 78.9 Å². The second kappa shape index (κ2) is 11.4. The Balaban J connectivity index is 1.70.